The number of phenolic OH excluding ortho intramolecular Hbond substituents is 1. The number of benzene rings is 1. The largest absolute Gasteiger partial charge is 0.507 e. The van der Waals surface area contributed by atoms with Gasteiger partial charge in [-0.15, -0.1) is 0 Å². The van der Waals surface area contributed by atoms with E-state index >= 15 is 0 Å². The summed E-state index contributed by atoms with van der Waals surface area (Å²) in [6.45, 7) is 12.6. The van der Waals surface area contributed by atoms with E-state index in [1.165, 1.54) is 31.3 Å². The van der Waals surface area contributed by atoms with Gasteiger partial charge in [0.1, 0.15) is 11.5 Å². The second-order valence-electron chi connectivity index (χ2n) is 12.4. The molecule has 0 radical (unpaired) electrons. The molecule has 1 aromatic carbocycles. The minimum Gasteiger partial charge on any atom is -0.507 e. The fourth-order valence-corrected chi connectivity index (χ4v) is 7.22. The maximum absolute atomic E-state index is 13.7. The molecule has 0 aliphatic heterocycles. The lowest BCUT2D eigenvalue weighted by Crippen LogP contribution is -2.49. The molecule has 1 unspecified atom stereocenters. The zero-order chi connectivity index (χ0) is 30.8. The number of hydrogen-bond donors (Lipinski definition) is 2. The zero-order valence-electron chi connectivity index (χ0n) is 26.3. The van der Waals surface area contributed by atoms with E-state index in [9.17, 15) is 19.4 Å². The van der Waals surface area contributed by atoms with Gasteiger partial charge in [-0.2, -0.15) is 0 Å². The standard InChI is InChI=1S/C34H53O7P/c1-6-8-9-10-11-12-13-14-21-39-42(37,38)41-34(19-15-20-34)33(36)40-31-24-27(16-7-2)23-30(35)32(31)29-22-26(5)17-18-28(29)25(3)4/h22-24,28-29,35H,3,6-21H2,1-2,4-5H3,(H,37,38)/t28-,29+/m0/s1. The normalized spacial score (nSPS) is 21.2. The number of aryl methyl sites for hydroxylation is 1. The summed E-state index contributed by atoms with van der Waals surface area (Å²) < 4.78 is 29.7. The fraction of sp³-hybridized carbons (Fsp3) is 0.676. The molecule has 0 saturated heterocycles. The first kappa shape index (κ1) is 34.6. The number of aromatic hydroxyl groups is 1. The number of phosphoric ester groups is 1. The van der Waals surface area contributed by atoms with E-state index < -0.39 is 19.4 Å². The molecule has 3 atom stereocenters. The zero-order valence-corrected chi connectivity index (χ0v) is 27.2. The molecule has 8 heteroatoms. The Hall–Kier alpha value is -1.92. The molecule has 0 aromatic heterocycles. The topological polar surface area (TPSA) is 102 Å². The van der Waals surface area contributed by atoms with Crippen LogP contribution in [0.25, 0.3) is 0 Å². The van der Waals surface area contributed by atoms with Crippen molar-refractivity contribution in [2.24, 2.45) is 5.92 Å². The van der Waals surface area contributed by atoms with Gasteiger partial charge in [0.2, 0.25) is 0 Å². The minimum atomic E-state index is -4.48. The molecule has 1 aromatic rings. The summed E-state index contributed by atoms with van der Waals surface area (Å²) in [5.74, 6) is -0.488. The smallest absolute Gasteiger partial charge is 0.473 e. The van der Waals surface area contributed by atoms with Crippen LogP contribution < -0.4 is 4.74 Å². The molecule has 2 aliphatic carbocycles. The van der Waals surface area contributed by atoms with Crippen LogP contribution in [0.5, 0.6) is 11.5 Å². The van der Waals surface area contributed by atoms with Crippen LogP contribution in [0.2, 0.25) is 0 Å². The Morgan fingerprint density at radius 1 is 1.07 bits per heavy atom. The van der Waals surface area contributed by atoms with Gasteiger partial charge in [0.25, 0.3) is 0 Å². The van der Waals surface area contributed by atoms with Gasteiger partial charge in [-0.05, 0) is 82.4 Å². The van der Waals surface area contributed by atoms with Gasteiger partial charge in [0.05, 0.1) is 6.61 Å². The molecule has 0 heterocycles. The first-order valence-electron chi connectivity index (χ1n) is 16.1. The molecule has 0 spiro atoms. The molecular formula is C34H53O7P. The highest BCUT2D eigenvalue weighted by Gasteiger charge is 2.52. The molecule has 1 saturated carbocycles. The van der Waals surface area contributed by atoms with E-state index in [0.29, 0.717) is 24.8 Å². The maximum atomic E-state index is 13.7. The average molecular weight is 605 g/mol. The predicted octanol–water partition coefficient (Wildman–Crippen LogP) is 9.46. The van der Waals surface area contributed by atoms with Gasteiger partial charge in [0, 0.05) is 11.5 Å². The lowest BCUT2D eigenvalue weighted by Gasteiger charge is -2.39. The number of phosphoric acid groups is 1. The van der Waals surface area contributed by atoms with Crippen molar-refractivity contribution < 1.29 is 33.1 Å². The third-order valence-electron chi connectivity index (χ3n) is 8.71. The van der Waals surface area contributed by atoms with Crippen molar-refractivity contribution in [2.75, 3.05) is 6.61 Å². The number of carbonyl (C=O) groups excluding carboxylic acids is 1. The Labute approximate surface area is 253 Å². The van der Waals surface area contributed by atoms with E-state index in [2.05, 4.69) is 26.5 Å². The van der Waals surface area contributed by atoms with Crippen LogP contribution in [0.4, 0.5) is 0 Å². The van der Waals surface area contributed by atoms with Crippen molar-refractivity contribution in [3.8, 4) is 11.5 Å². The maximum Gasteiger partial charge on any atom is 0.473 e. The van der Waals surface area contributed by atoms with Crippen molar-refractivity contribution in [2.45, 2.75) is 136 Å². The van der Waals surface area contributed by atoms with Crippen LogP contribution in [0.3, 0.4) is 0 Å². The lowest BCUT2D eigenvalue weighted by molar-refractivity contribution is -0.162. The first-order chi connectivity index (χ1) is 20.0. The number of phenols is 1. The van der Waals surface area contributed by atoms with E-state index in [1.54, 1.807) is 6.07 Å². The third kappa shape index (κ3) is 9.54. The van der Waals surface area contributed by atoms with Crippen LogP contribution in [-0.4, -0.2) is 28.2 Å². The summed E-state index contributed by atoms with van der Waals surface area (Å²) in [7, 11) is -4.48. The number of allylic oxidation sites excluding steroid dienone is 3. The average Bonchev–Trinajstić information content (AvgIpc) is 2.89. The molecule has 0 amide bonds. The molecular weight excluding hydrogens is 551 g/mol. The highest BCUT2D eigenvalue weighted by molar-refractivity contribution is 7.47. The summed E-state index contributed by atoms with van der Waals surface area (Å²) in [5.41, 5.74) is 2.06. The second kappa shape index (κ2) is 16.2. The van der Waals surface area contributed by atoms with Gasteiger partial charge in [-0.1, -0.05) is 89.0 Å². The van der Waals surface area contributed by atoms with E-state index in [0.717, 1.165) is 49.7 Å². The van der Waals surface area contributed by atoms with Crippen molar-refractivity contribution in [3.63, 3.8) is 0 Å². The number of ether oxygens (including phenoxy) is 1. The highest BCUT2D eigenvalue weighted by atomic mass is 31.2. The monoisotopic (exact) mass is 604 g/mol. The quantitative estimate of drug-likeness (QED) is 0.0566. The van der Waals surface area contributed by atoms with E-state index in [-0.39, 0.29) is 42.8 Å². The predicted molar refractivity (Wildman–Crippen MR) is 168 cm³/mol. The fourth-order valence-electron chi connectivity index (χ4n) is 6.11. The Kier molecular flexibility index (Phi) is 13.4. The molecule has 236 valence electrons. The molecule has 2 aliphatic rings. The van der Waals surface area contributed by atoms with Gasteiger partial charge in [-0.25, -0.2) is 9.36 Å². The first-order valence-corrected chi connectivity index (χ1v) is 17.6. The Bertz CT molecular complexity index is 1140. The second-order valence-corrected chi connectivity index (χ2v) is 13.8. The minimum absolute atomic E-state index is 0.0797. The number of rotatable bonds is 18. The number of esters is 1. The Morgan fingerprint density at radius 3 is 2.33 bits per heavy atom. The van der Waals surface area contributed by atoms with Crippen LogP contribution in [0.1, 0.15) is 135 Å². The lowest BCUT2D eigenvalue weighted by atomic mass is 9.73. The van der Waals surface area contributed by atoms with Gasteiger partial charge >= 0.3 is 13.8 Å². The molecule has 2 N–H and O–H groups in total. The van der Waals surface area contributed by atoms with Crippen molar-refractivity contribution in [1.82, 2.24) is 0 Å². The molecule has 7 nitrogen and oxygen atoms in total. The summed E-state index contributed by atoms with van der Waals surface area (Å²) in [5, 5.41) is 11.2. The highest BCUT2D eigenvalue weighted by Crippen LogP contribution is 2.54. The number of carbonyl (C=O) groups is 1. The summed E-state index contributed by atoms with van der Waals surface area (Å²) in [4.78, 5) is 24.2. The third-order valence-corrected chi connectivity index (χ3v) is 9.80. The molecule has 3 rings (SSSR count). The summed E-state index contributed by atoms with van der Waals surface area (Å²) >= 11 is 0. The van der Waals surface area contributed by atoms with Crippen LogP contribution >= 0.6 is 7.82 Å². The van der Waals surface area contributed by atoms with Crippen molar-refractivity contribution in [3.05, 3.63) is 47.1 Å². The number of hydrogen-bond acceptors (Lipinski definition) is 6. The van der Waals surface area contributed by atoms with Crippen molar-refractivity contribution >= 4 is 13.8 Å². The SMILES string of the molecule is C=C(C)[C@@H]1CCC(C)=C[C@H]1c1c(O)cc(CCC)cc1OC(=O)C1(OP(=O)(O)OCCCCCCCCCC)CCC1. The van der Waals surface area contributed by atoms with Crippen molar-refractivity contribution in [1.29, 1.82) is 0 Å². The van der Waals surface area contributed by atoms with Crippen LogP contribution in [0, 0.1) is 5.92 Å². The number of unbranched alkanes of at least 4 members (excludes halogenated alkanes) is 7. The molecule has 1 fully saturated rings. The van der Waals surface area contributed by atoms with Crippen LogP contribution in [-0.2, 0) is 24.8 Å². The van der Waals surface area contributed by atoms with Crippen LogP contribution in [0.15, 0.2) is 35.9 Å². The van der Waals surface area contributed by atoms with E-state index in [1.807, 2.05) is 19.9 Å². The molecule has 0 bridgehead atoms. The van der Waals surface area contributed by atoms with E-state index in [4.69, 9.17) is 13.8 Å². The summed E-state index contributed by atoms with van der Waals surface area (Å²) in [6, 6.07) is 3.56. The summed E-state index contributed by atoms with van der Waals surface area (Å²) in [6.07, 6.45) is 15.5. The Morgan fingerprint density at radius 2 is 1.74 bits per heavy atom. The van der Waals surface area contributed by atoms with Gasteiger partial charge in [0.15, 0.2) is 5.60 Å². The Balaban J connectivity index is 1.73. The molecule has 42 heavy (non-hydrogen) atoms. The van der Waals surface area contributed by atoms with Gasteiger partial charge < -0.3 is 14.7 Å². The van der Waals surface area contributed by atoms with Gasteiger partial charge in [-0.3, -0.25) is 9.05 Å².